The highest BCUT2D eigenvalue weighted by molar-refractivity contribution is 5.96. The van der Waals surface area contributed by atoms with Crippen LogP contribution in [0.15, 0.2) is 54.7 Å². The minimum absolute atomic E-state index is 0.0827. The number of aryl methyl sites for hydroxylation is 2. The molecule has 10 nitrogen and oxygen atoms in total. The van der Waals surface area contributed by atoms with Crippen molar-refractivity contribution in [1.29, 1.82) is 0 Å². The lowest BCUT2D eigenvalue weighted by molar-refractivity contribution is -0.134. The standard InChI is InChI=1S/C29H29FN6O4/c1-34-12-6-9-24-26-21(13-19(30)14-23(26)33-35(24)2)22-10-11-31-28(32-22)40-20-15-25(27(34)37)36(16-20)29(38)39-17-18-7-4-3-5-8-18/h3-5,7-8,10-11,13-14,20,25H,6,9,12,15-17H2,1-2H3/t20-,25-/m0/s1. The van der Waals surface area contributed by atoms with Crippen molar-refractivity contribution in [3.63, 3.8) is 0 Å². The zero-order chi connectivity index (χ0) is 27.8. The van der Waals surface area contributed by atoms with Crippen molar-refractivity contribution in [2.24, 2.45) is 7.05 Å². The van der Waals surface area contributed by atoms with Gasteiger partial charge in [0.15, 0.2) is 0 Å². The first kappa shape index (κ1) is 25.7. The number of hydrogen-bond acceptors (Lipinski definition) is 7. The summed E-state index contributed by atoms with van der Waals surface area (Å²) in [6.07, 6.45) is 1.96. The molecule has 0 N–H and O–H groups in total. The Balaban J connectivity index is 1.33. The molecule has 40 heavy (non-hydrogen) atoms. The first-order valence-electron chi connectivity index (χ1n) is 13.2. The molecular formula is C29H29FN6O4. The monoisotopic (exact) mass is 544 g/mol. The lowest BCUT2D eigenvalue weighted by Gasteiger charge is -2.27. The fraction of sp³-hybridized carbons (Fsp3) is 0.345. The van der Waals surface area contributed by atoms with Gasteiger partial charge >= 0.3 is 12.1 Å². The molecule has 0 unspecified atom stereocenters. The van der Waals surface area contributed by atoms with Gasteiger partial charge in [-0.15, -0.1) is 0 Å². The van der Waals surface area contributed by atoms with E-state index in [0.717, 1.165) is 16.6 Å². The number of carbonyl (C=O) groups is 2. The quantitative estimate of drug-likeness (QED) is 0.379. The number of rotatable bonds is 2. The van der Waals surface area contributed by atoms with Gasteiger partial charge in [-0.25, -0.2) is 14.2 Å². The molecule has 4 aromatic rings. The van der Waals surface area contributed by atoms with Gasteiger partial charge in [0, 0.05) is 56.0 Å². The molecule has 206 valence electrons. The van der Waals surface area contributed by atoms with Gasteiger partial charge in [0.25, 0.3) is 0 Å². The summed E-state index contributed by atoms with van der Waals surface area (Å²) in [4.78, 5) is 38.7. The first-order valence-corrected chi connectivity index (χ1v) is 13.2. The van der Waals surface area contributed by atoms with Crippen molar-refractivity contribution in [1.82, 2.24) is 29.5 Å². The molecule has 2 aromatic heterocycles. The van der Waals surface area contributed by atoms with Crippen molar-refractivity contribution < 1.29 is 23.5 Å². The number of nitrogens with zero attached hydrogens (tertiary/aromatic N) is 6. The van der Waals surface area contributed by atoms with E-state index >= 15 is 0 Å². The minimum atomic E-state index is -0.749. The molecule has 4 bridgehead atoms. The summed E-state index contributed by atoms with van der Waals surface area (Å²) in [5, 5.41) is 5.34. The second kappa shape index (κ2) is 10.6. The fourth-order valence-corrected chi connectivity index (χ4v) is 5.51. The van der Waals surface area contributed by atoms with Crippen molar-refractivity contribution >= 4 is 22.9 Å². The van der Waals surface area contributed by atoms with E-state index < -0.39 is 24.1 Å². The van der Waals surface area contributed by atoms with Crippen molar-refractivity contribution in [3.8, 4) is 17.3 Å². The summed E-state index contributed by atoms with van der Waals surface area (Å²) in [6, 6.07) is 13.3. The summed E-state index contributed by atoms with van der Waals surface area (Å²) < 4.78 is 28.1. The highest BCUT2D eigenvalue weighted by Crippen LogP contribution is 2.33. The van der Waals surface area contributed by atoms with Crippen LogP contribution >= 0.6 is 0 Å². The minimum Gasteiger partial charge on any atom is -0.458 e. The molecule has 4 heterocycles. The van der Waals surface area contributed by atoms with Gasteiger partial charge < -0.3 is 14.4 Å². The van der Waals surface area contributed by atoms with Gasteiger partial charge in [0.2, 0.25) is 5.91 Å². The molecule has 2 aliphatic rings. The predicted octanol–water partition coefficient (Wildman–Crippen LogP) is 3.73. The zero-order valence-corrected chi connectivity index (χ0v) is 22.3. The largest absolute Gasteiger partial charge is 0.458 e. The molecule has 0 radical (unpaired) electrons. The molecule has 0 spiro atoms. The normalized spacial score (nSPS) is 19.2. The van der Waals surface area contributed by atoms with Crippen LogP contribution in [-0.4, -0.2) is 73.8 Å². The molecule has 2 atom stereocenters. The Morgan fingerprint density at radius 1 is 1.18 bits per heavy atom. The van der Waals surface area contributed by atoms with Gasteiger partial charge in [0.05, 0.1) is 17.8 Å². The van der Waals surface area contributed by atoms with Crippen LogP contribution in [-0.2, 0) is 29.6 Å². The van der Waals surface area contributed by atoms with Gasteiger partial charge in [-0.05, 0) is 30.5 Å². The number of hydrogen-bond donors (Lipinski definition) is 0. The molecule has 11 heteroatoms. The van der Waals surface area contributed by atoms with E-state index in [1.807, 2.05) is 37.4 Å². The van der Waals surface area contributed by atoms with Gasteiger partial charge in [-0.3, -0.25) is 14.4 Å². The molecule has 1 saturated heterocycles. The molecule has 0 saturated carbocycles. The summed E-state index contributed by atoms with van der Waals surface area (Å²) in [5.41, 5.74) is 3.39. The number of likely N-dealkylation sites (N-methyl/N-ethyl adjacent to an activating group) is 1. The number of benzene rings is 2. The average molecular weight is 545 g/mol. The van der Waals surface area contributed by atoms with Crippen LogP contribution in [0, 0.1) is 5.82 Å². The van der Waals surface area contributed by atoms with E-state index in [2.05, 4.69) is 15.1 Å². The number of halogens is 1. The maximum Gasteiger partial charge on any atom is 0.410 e. The number of likely N-dealkylation sites (tertiary alicyclic amines) is 1. The number of aromatic nitrogens is 4. The van der Waals surface area contributed by atoms with E-state index in [1.165, 1.54) is 17.0 Å². The van der Waals surface area contributed by atoms with Crippen LogP contribution in [0.2, 0.25) is 0 Å². The van der Waals surface area contributed by atoms with Crippen molar-refractivity contribution in [2.75, 3.05) is 20.1 Å². The Labute approximate surface area is 230 Å². The van der Waals surface area contributed by atoms with Crippen LogP contribution in [0.3, 0.4) is 0 Å². The first-order chi connectivity index (χ1) is 19.4. The number of ether oxygens (including phenoxy) is 2. The Bertz CT molecular complexity index is 1580. The predicted molar refractivity (Wildman–Crippen MR) is 144 cm³/mol. The highest BCUT2D eigenvalue weighted by atomic mass is 19.1. The highest BCUT2D eigenvalue weighted by Gasteiger charge is 2.43. The summed E-state index contributed by atoms with van der Waals surface area (Å²) in [7, 11) is 3.56. The van der Waals surface area contributed by atoms with E-state index in [0.29, 0.717) is 36.2 Å². The Hall–Kier alpha value is -4.54. The average Bonchev–Trinajstić information content (AvgIpc) is 3.51. The van der Waals surface area contributed by atoms with E-state index in [-0.39, 0.29) is 31.5 Å². The van der Waals surface area contributed by atoms with Gasteiger partial charge in [-0.1, -0.05) is 30.3 Å². The lowest BCUT2D eigenvalue weighted by Crippen LogP contribution is -2.47. The second-order valence-corrected chi connectivity index (χ2v) is 10.2. The summed E-state index contributed by atoms with van der Waals surface area (Å²) in [5.74, 6) is -0.607. The Morgan fingerprint density at radius 2 is 2.00 bits per heavy atom. The lowest BCUT2D eigenvalue weighted by atomic mass is 10.0. The number of carbonyl (C=O) groups excluding carboxylic acids is 2. The summed E-state index contributed by atoms with van der Waals surface area (Å²) in [6.45, 7) is 0.700. The molecule has 2 aromatic carbocycles. The maximum atomic E-state index is 14.6. The van der Waals surface area contributed by atoms with Crippen LogP contribution in [0.25, 0.3) is 22.2 Å². The number of amides is 2. The van der Waals surface area contributed by atoms with E-state index in [1.54, 1.807) is 28.9 Å². The Kier molecular flexibility index (Phi) is 6.79. The smallest absolute Gasteiger partial charge is 0.410 e. The Morgan fingerprint density at radius 3 is 2.83 bits per heavy atom. The molecule has 2 amide bonds. The van der Waals surface area contributed by atoms with E-state index in [9.17, 15) is 14.0 Å². The van der Waals surface area contributed by atoms with Crippen molar-refractivity contribution in [3.05, 3.63) is 71.8 Å². The maximum absolute atomic E-state index is 14.6. The van der Waals surface area contributed by atoms with Crippen LogP contribution < -0.4 is 4.74 Å². The second-order valence-electron chi connectivity index (χ2n) is 10.2. The van der Waals surface area contributed by atoms with Crippen LogP contribution in [0.5, 0.6) is 6.01 Å². The van der Waals surface area contributed by atoms with Crippen molar-refractivity contribution in [2.45, 2.75) is 38.0 Å². The number of fused-ring (bicyclic) bond motifs is 5. The third-order valence-electron chi connectivity index (χ3n) is 7.47. The summed E-state index contributed by atoms with van der Waals surface area (Å²) >= 11 is 0. The SMILES string of the molecule is CN1CCCc2c3c(cc(F)cc3nn2C)-c2ccnc(n2)O[C@H]2C[C@@H](C1=O)N(C(=O)OCc1ccccc1)C2. The zero-order valence-electron chi connectivity index (χ0n) is 22.3. The third-order valence-corrected chi connectivity index (χ3v) is 7.47. The molecular weight excluding hydrogens is 515 g/mol. The molecule has 1 fully saturated rings. The molecule has 2 aliphatic heterocycles. The van der Waals surface area contributed by atoms with Gasteiger partial charge in [-0.2, -0.15) is 10.1 Å². The molecule has 0 aliphatic carbocycles. The van der Waals surface area contributed by atoms with E-state index in [4.69, 9.17) is 9.47 Å². The third kappa shape index (κ3) is 4.94. The topological polar surface area (TPSA) is 103 Å². The van der Waals surface area contributed by atoms with Gasteiger partial charge in [0.1, 0.15) is 24.6 Å². The fourth-order valence-electron chi connectivity index (χ4n) is 5.51. The molecule has 6 rings (SSSR count). The van der Waals surface area contributed by atoms with Crippen LogP contribution in [0.1, 0.15) is 24.1 Å². The van der Waals surface area contributed by atoms with Crippen LogP contribution in [0.4, 0.5) is 9.18 Å².